The van der Waals surface area contributed by atoms with Crippen LogP contribution in [0.2, 0.25) is 0 Å². The van der Waals surface area contributed by atoms with Gasteiger partial charge in [0.2, 0.25) is 0 Å². The van der Waals surface area contributed by atoms with E-state index in [0.717, 1.165) is 22.0 Å². The summed E-state index contributed by atoms with van der Waals surface area (Å²) in [4.78, 5) is 17.1. The number of nitrogens with zero attached hydrogens (tertiary/aromatic N) is 1. The second-order valence-electron chi connectivity index (χ2n) is 5.84. The Morgan fingerprint density at radius 1 is 1.35 bits per heavy atom. The maximum Gasteiger partial charge on any atom is 0.312 e. The fourth-order valence-corrected chi connectivity index (χ4v) is 4.85. The summed E-state index contributed by atoms with van der Waals surface area (Å²) in [5, 5.41) is 10.2. The molecule has 5 heteroatoms. The van der Waals surface area contributed by atoms with Crippen molar-refractivity contribution in [1.82, 2.24) is 4.98 Å². The Bertz CT molecular complexity index is 493. The summed E-state index contributed by atoms with van der Waals surface area (Å²) in [6.45, 7) is 0. The van der Waals surface area contributed by atoms with Gasteiger partial charge >= 0.3 is 5.97 Å². The fourth-order valence-electron chi connectivity index (χ4n) is 3.54. The molecule has 4 nitrogen and oxygen atoms in total. The van der Waals surface area contributed by atoms with Gasteiger partial charge in [0.05, 0.1) is 5.69 Å². The van der Waals surface area contributed by atoms with Gasteiger partial charge in [-0.25, -0.2) is 4.98 Å². The number of hydrogen-bond acceptors (Lipinski definition) is 4. The molecule has 0 amide bonds. The number of aliphatic carboxylic acids is 1. The zero-order valence-electron chi connectivity index (χ0n) is 11.8. The third-order valence-corrected chi connectivity index (χ3v) is 5.80. The van der Waals surface area contributed by atoms with Gasteiger partial charge in [0.1, 0.15) is 17.0 Å². The van der Waals surface area contributed by atoms with Crippen molar-refractivity contribution in [3.63, 3.8) is 0 Å². The summed E-state index contributed by atoms with van der Waals surface area (Å²) in [7, 11) is 1.75. The van der Waals surface area contributed by atoms with Crippen LogP contribution in [0.5, 0.6) is 0 Å². The first-order valence-corrected chi connectivity index (χ1v) is 8.27. The maximum atomic E-state index is 11.2. The van der Waals surface area contributed by atoms with Crippen molar-refractivity contribution in [2.75, 3.05) is 7.11 Å². The molecule has 2 unspecified atom stereocenters. The van der Waals surface area contributed by atoms with Crippen LogP contribution in [-0.2, 0) is 16.0 Å². The lowest BCUT2D eigenvalue weighted by Crippen LogP contribution is -2.18. The van der Waals surface area contributed by atoms with E-state index in [0.29, 0.717) is 12.3 Å². The minimum atomic E-state index is -0.743. The number of aryl methyl sites for hydroxylation is 1. The second-order valence-corrected chi connectivity index (χ2v) is 6.96. The molecule has 0 aromatic carbocycles. The van der Waals surface area contributed by atoms with E-state index in [4.69, 9.17) is 4.74 Å². The van der Waals surface area contributed by atoms with Crippen molar-refractivity contribution < 1.29 is 14.6 Å². The molecular formula is C15H21NO3S. The van der Waals surface area contributed by atoms with Gasteiger partial charge in [-0.2, -0.15) is 0 Å². The van der Waals surface area contributed by atoms with E-state index in [1.54, 1.807) is 18.4 Å². The predicted octanol–water partition coefficient (Wildman–Crippen LogP) is 3.53. The lowest BCUT2D eigenvalue weighted by atomic mass is 9.85. The van der Waals surface area contributed by atoms with Crippen molar-refractivity contribution >= 4 is 17.3 Å². The number of carbonyl (C=O) groups is 1. The standard InChI is InChI=1S/C15H21NO3S/c1-19-13(9-5-3-2-4-6-9)14-16-12-10(15(17)18)7-8-11(12)20-14/h9-10,13H,2-8H2,1H3,(H,17,18). The molecule has 0 bridgehead atoms. The summed E-state index contributed by atoms with van der Waals surface area (Å²) in [5.74, 6) is -0.602. The van der Waals surface area contributed by atoms with Crippen molar-refractivity contribution in [3.05, 3.63) is 15.6 Å². The molecule has 3 rings (SSSR count). The molecule has 1 heterocycles. The van der Waals surface area contributed by atoms with E-state index in [9.17, 15) is 9.90 Å². The highest BCUT2D eigenvalue weighted by atomic mass is 32.1. The molecule has 0 saturated heterocycles. The Balaban J connectivity index is 1.83. The molecule has 0 aliphatic heterocycles. The lowest BCUT2D eigenvalue weighted by molar-refractivity contribution is -0.138. The predicted molar refractivity (Wildman–Crippen MR) is 77.1 cm³/mol. The van der Waals surface area contributed by atoms with Crippen molar-refractivity contribution in [3.8, 4) is 0 Å². The smallest absolute Gasteiger partial charge is 0.312 e. The highest BCUT2D eigenvalue weighted by Gasteiger charge is 2.35. The first-order valence-electron chi connectivity index (χ1n) is 7.45. The molecule has 1 fully saturated rings. The van der Waals surface area contributed by atoms with Crippen LogP contribution in [-0.4, -0.2) is 23.2 Å². The molecule has 1 aromatic heterocycles. The van der Waals surface area contributed by atoms with Crippen LogP contribution < -0.4 is 0 Å². The van der Waals surface area contributed by atoms with E-state index < -0.39 is 11.9 Å². The first kappa shape index (κ1) is 14.0. The molecule has 1 N–H and O–H groups in total. The molecular weight excluding hydrogens is 274 g/mol. The van der Waals surface area contributed by atoms with E-state index in [-0.39, 0.29) is 6.10 Å². The first-order chi connectivity index (χ1) is 9.70. The van der Waals surface area contributed by atoms with Crippen LogP contribution in [0.1, 0.15) is 66.1 Å². The number of rotatable bonds is 4. The molecule has 2 aliphatic rings. The number of hydrogen-bond donors (Lipinski definition) is 1. The third kappa shape index (κ3) is 2.49. The summed E-state index contributed by atoms with van der Waals surface area (Å²) >= 11 is 1.67. The van der Waals surface area contributed by atoms with Crippen molar-refractivity contribution in [2.24, 2.45) is 5.92 Å². The number of aromatic nitrogens is 1. The van der Waals surface area contributed by atoms with Crippen LogP contribution in [0, 0.1) is 5.92 Å². The Morgan fingerprint density at radius 3 is 2.75 bits per heavy atom. The number of thiazole rings is 1. The highest BCUT2D eigenvalue weighted by Crippen LogP contribution is 2.43. The van der Waals surface area contributed by atoms with Crippen LogP contribution in [0.25, 0.3) is 0 Å². The average Bonchev–Trinajstić information content (AvgIpc) is 3.00. The number of ether oxygens (including phenoxy) is 1. The monoisotopic (exact) mass is 295 g/mol. The van der Waals surface area contributed by atoms with Crippen molar-refractivity contribution in [2.45, 2.75) is 57.0 Å². The molecule has 1 aromatic rings. The fraction of sp³-hybridized carbons (Fsp3) is 0.733. The summed E-state index contributed by atoms with van der Waals surface area (Å²) < 4.78 is 5.71. The van der Waals surface area contributed by atoms with E-state index in [1.165, 1.54) is 32.1 Å². The highest BCUT2D eigenvalue weighted by molar-refractivity contribution is 7.11. The van der Waals surface area contributed by atoms with Crippen LogP contribution in [0.3, 0.4) is 0 Å². The molecule has 1 saturated carbocycles. The van der Waals surface area contributed by atoms with Crippen LogP contribution in [0.4, 0.5) is 0 Å². The Hall–Kier alpha value is -0.940. The number of methoxy groups -OCH3 is 1. The maximum absolute atomic E-state index is 11.2. The average molecular weight is 295 g/mol. The quantitative estimate of drug-likeness (QED) is 0.923. The normalized spacial score (nSPS) is 24.6. The molecule has 0 radical (unpaired) electrons. The van der Waals surface area contributed by atoms with Gasteiger partial charge in [0, 0.05) is 12.0 Å². The largest absolute Gasteiger partial charge is 0.481 e. The van der Waals surface area contributed by atoms with Gasteiger partial charge in [0.25, 0.3) is 0 Å². The Kier molecular flexibility index (Phi) is 4.08. The van der Waals surface area contributed by atoms with Crippen molar-refractivity contribution in [1.29, 1.82) is 0 Å². The third-order valence-electron chi connectivity index (χ3n) is 4.61. The van der Waals surface area contributed by atoms with Gasteiger partial charge in [-0.05, 0) is 31.6 Å². The second kappa shape index (κ2) is 5.82. The number of fused-ring (bicyclic) bond motifs is 1. The SMILES string of the molecule is COC(c1nc2c(s1)CCC2C(=O)O)C1CCCCC1. The Morgan fingerprint density at radius 2 is 2.10 bits per heavy atom. The molecule has 20 heavy (non-hydrogen) atoms. The van der Waals surface area contributed by atoms with Gasteiger partial charge in [0.15, 0.2) is 0 Å². The summed E-state index contributed by atoms with van der Waals surface area (Å²) in [6.07, 6.45) is 7.87. The molecule has 2 atom stereocenters. The minimum absolute atomic E-state index is 0.0559. The Labute approximate surface area is 123 Å². The number of carboxylic acid groups (broad SMARTS) is 1. The number of carboxylic acids is 1. The minimum Gasteiger partial charge on any atom is -0.481 e. The van der Waals surface area contributed by atoms with Crippen LogP contribution in [0.15, 0.2) is 0 Å². The lowest BCUT2D eigenvalue weighted by Gasteiger charge is -2.27. The van der Waals surface area contributed by atoms with E-state index >= 15 is 0 Å². The zero-order chi connectivity index (χ0) is 14.1. The molecule has 2 aliphatic carbocycles. The topological polar surface area (TPSA) is 59.4 Å². The summed E-state index contributed by atoms with van der Waals surface area (Å²) in [5.41, 5.74) is 0.801. The molecule has 110 valence electrons. The van der Waals surface area contributed by atoms with Gasteiger partial charge in [-0.3, -0.25) is 4.79 Å². The van der Waals surface area contributed by atoms with Gasteiger partial charge in [-0.1, -0.05) is 19.3 Å². The van der Waals surface area contributed by atoms with E-state index in [1.807, 2.05) is 0 Å². The van der Waals surface area contributed by atoms with E-state index in [2.05, 4.69) is 4.98 Å². The zero-order valence-corrected chi connectivity index (χ0v) is 12.6. The van der Waals surface area contributed by atoms with Crippen LogP contribution >= 0.6 is 11.3 Å². The van der Waals surface area contributed by atoms with Gasteiger partial charge in [-0.15, -0.1) is 11.3 Å². The summed E-state index contributed by atoms with van der Waals surface area (Å²) in [6, 6.07) is 0. The molecule has 0 spiro atoms. The van der Waals surface area contributed by atoms with Gasteiger partial charge < -0.3 is 9.84 Å².